The quantitative estimate of drug-likeness (QED) is 0.663. The molecule has 1 aromatic heterocycles. The highest BCUT2D eigenvalue weighted by Gasteiger charge is 2.25. The van der Waals surface area contributed by atoms with E-state index in [0.29, 0.717) is 22.1 Å². The number of benzene rings is 2. The second-order valence-electron chi connectivity index (χ2n) is 5.85. The summed E-state index contributed by atoms with van der Waals surface area (Å²) in [5.74, 6) is -0.430. The fourth-order valence-corrected chi connectivity index (χ4v) is 2.65. The fourth-order valence-electron chi connectivity index (χ4n) is 2.51. The first-order chi connectivity index (χ1) is 13.1. The summed E-state index contributed by atoms with van der Waals surface area (Å²) in [5.41, 5.74) is 1.09. The van der Waals surface area contributed by atoms with Gasteiger partial charge in [-0.2, -0.15) is 0 Å². The minimum atomic E-state index is -0.936. The molecule has 1 heterocycles. The Kier molecular flexibility index (Phi) is 5.88. The van der Waals surface area contributed by atoms with Crippen LogP contribution in [0.25, 0.3) is 0 Å². The van der Waals surface area contributed by atoms with Gasteiger partial charge in [0.25, 0.3) is 5.91 Å². The minimum absolute atomic E-state index is 0.0490. The van der Waals surface area contributed by atoms with Gasteiger partial charge in [-0.15, -0.1) is 0 Å². The number of imidazole rings is 1. The number of esters is 1. The van der Waals surface area contributed by atoms with Gasteiger partial charge in [-0.25, -0.2) is 9.78 Å². The molecule has 0 unspecified atom stereocenters. The summed E-state index contributed by atoms with van der Waals surface area (Å²) in [6.45, 7) is -0.0490. The van der Waals surface area contributed by atoms with E-state index in [2.05, 4.69) is 10.3 Å². The summed E-state index contributed by atoms with van der Waals surface area (Å²) < 4.78 is 7.00. The van der Waals surface area contributed by atoms with E-state index in [1.807, 2.05) is 12.1 Å². The lowest BCUT2D eigenvalue weighted by atomic mass is 10.1. The SMILES string of the molecule is Cn1c(Cl)cnc1COC(=O)[C@@H](NC(=O)c1ccccc1)c1ccccc1. The van der Waals surface area contributed by atoms with Gasteiger partial charge < -0.3 is 14.6 Å². The van der Waals surface area contributed by atoms with Crippen LogP contribution in [0.2, 0.25) is 5.15 Å². The highest BCUT2D eigenvalue weighted by molar-refractivity contribution is 6.29. The molecule has 1 atom stereocenters. The maximum Gasteiger partial charge on any atom is 0.333 e. The first kappa shape index (κ1) is 18.7. The van der Waals surface area contributed by atoms with Crippen molar-refractivity contribution in [1.29, 1.82) is 0 Å². The van der Waals surface area contributed by atoms with Gasteiger partial charge in [0.2, 0.25) is 0 Å². The van der Waals surface area contributed by atoms with E-state index < -0.39 is 12.0 Å². The third-order valence-corrected chi connectivity index (χ3v) is 4.40. The molecule has 3 aromatic rings. The zero-order chi connectivity index (χ0) is 19.2. The number of amides is 1. The molecule has 0 aliphatic heterocycles. The first-order valence-electron chi connectivity index (χ1n) is 8.30. The molecule has 0 aliphatic rings. The zero-order valence-electron chi connectivity index (χ0n) is 14.6. The predicted molar refractivity (Wildman–Crippen MR) is 101 cm³/mol. The van der Waals surface area contributed by atoms with Crippen molar-refractivity contribution in [2.45, 2.75) is 12.6 Å². The van der Waals surface area contributed by atoms with Gasteiger partial charge in [-0.05, 0) is 17.7 Å². The van der Waals surface area contributed by atoms with Crippen LogP contribution in [-0.2, 0) is 23.2 Å². The molecule has 0 saturated carbocycles. The van der Waals surface area contributed by atoms with E-state index in [0.717, 1.165) is 0 Å². The fraction of sp³-hybridized carbons (Fsp3) is 0.150. The molecule has 1 N–H and O–H groups in total. The Bertz CT molecular complexity index is 926. The molecular formula is C20H18ClN3O3. The highest BCUT2D eigenvalue weighted by atomic mass is 35.5. The Balaban J connectivity index is 1.76. The van der Waals surface area contributed by atoms with Crippen LogP contribution in [0.15, 0.2) is 66.9 Å². The van der Waals surface area contributed by atoms with Gasteiger partial charge in [0.15, 0.2) is 6.04 Å². The molecule has 2 aromatic carbocycles. The molecule has 0 saturated heterocycles. The van der Waals surface area contributed by atoms with Gasteiger partial charge in [0, 0.05) is 12.6 Å². The van der Waals surface area contributed by atoms with Crippen LogP contribution < -0.4 is 5.32 Å². The lowest BCUT2D eigenvalue weighted by Crippen LogP contribution is -2.35. The van der Waals surface area contributed by atoms with Crippen molar-refractivity contribution in [3.63, 3.8) is 0 Å². The molecule has 27 heavy (non-hydrogen) atoms. The number of halogens is 1. The van der Waals surface area contributed by atoms with E-state index in [-0.39, 0.29) is 12.5 Å². The normalized spacial score (nSPS) is 11.6. The molecule has 0 fully saturated rings. The number of carbonyl (C=O) groups excluding carboxylic acids is 2. The zero-order valence-corrected chi connectivity index (χ0v) is 15.4. The van der Waals surface area contributed by atoms with Crippen molar-refractivity contribution < 1.29 is 14.3 Å². The number of nitrogens with zero attached hydrogens (tertiary/aromatic N) is 2. The summed E-state index contributed by atoms with van der Waals surface area (Å²) in [5, 5.41) is 3.18. The number of rotatable bonds is 6. The number of aromatic nitrogens is 2. The van der Waals surface area contributed by atoms with Gasteiger partial charge >= 0.3 is 5.97 Å². The number of nitrogens with one attached hydrogen (secondary N) is 1. The van der Waals surface area contributed by atoms with Crippen molar-refractivity contribution in [2.75, 3.05) is 0 Å². The first-order valence-corrected chi connectivity index (χ1v) is 8.67. The second-order valence-corrected chi connectivity index (χ2v) is 6.23. The Morgan fingerprint density at radius 1 is 1.11 bits per heavy atom. The summed E-state index contributed by atoms with van der Waals surface area (Å²) in [4.78, 5) is 29.3. The van der Waals surface area contributed by atoms with Gasteiger partial charge in [0.1, 0.15) is 17.6 Å². The van der Waals surface area contributed by atoms with Crippen molar-refractivity contribution in [1.82, 2.24) is 14.9 Å². The van der Waals surface area contributed by atoms with Crippen LogP contribution in [0.3, 0.4) is 0 Å². The van der Waals surface area contributed by atoms with Crippen molar-refractivity contribution in [2.24, 2.45) is 7.05 Å². The molecular weight excluding hydrogens is 366 g/mol. The van der Waals surface area contributed by atoms with Crippen LogP contribution in [0, 0.1) is 0 Å². The summed E-state index contributed by atoms with van der Waals surface area (Å²) in [6, 6.07) is 16.7. The Labute approximate surface area is 161 Å². The summed E-state index contributed by atoms with van der Waals surface area (Å²) >= 11 is 5.94. The Morgan fingerprint density at radius 3 is 2.33 bits per heavy atom. The third kappa shape index (κ3) is 4.54. The van der Waals surface area contributed by atoms with Crippen LogP contribution in [0.5, 0.6) is 0 Å². The van der Waals surface area contributed by atoms with Crippen LogP contribution in [-0.4, -0.2) is 21.4 Å². The van der Waals surface area contributed by atoms with E-state index in [4.69, 9.17) is 16.3 Å². The maximum atomic E-state index is 12.7. The largest absolute Gasteiger partial charge is 0.456 e. The number of hydrogen-bond acceptors (Lipinski definition) is 4. The van der Waals surface area contributed by atoms with E-state index in [1.165, 1.54) is 6.20 Å². The highest BCUT2D eigenvalue weighted by Crippen LogP contribution is 2.17. The van der Waals surface area contributed by atoms with Gasteiger partial charge in [-0.1, -0.05) is 60.1 Å². The molecule has 138 valence electrons. The number of carbonyl (C=O) groups is 2. The molecule has 0 radical (unpaired) electrons. The molecule has 1 amide bonds. The Hall–Kier alpha value is -3.12. The van der Waals surface area contributed by atoms with Crippen LogP contribution >= 0.6 is 11.6 Å². The standard InChI is InChI=1S/C20H18ClN3O3/c1-24-16(21)12-22-17(24)13-27-20(26)18(14-8-4-2-5-9-14)23-19(25)15-10-6-3-7-11-15/h2-12,18H,13H2,1H3,(H,23,25)/t18-/m0/s1. The second kappa shape index (κ2) is 8.51. The summed E-state index contributed by atoms with van der Waals surface area (Å²) in [7, 11) is 1.73. The average molecular weight is 384 g/mol. The lowest BCUT2D eigenvalue weighted by Gasteiger charge is -2.18. The molecule has 7 heteroatoms. The smallest absolute Gasteiger partial charge is 0.333 e. The lowest BCUT2D eigenvalue weighted by molar-refractivity contribution is -0.147. The van der Waals surface area contributed by atoms with Gasteiger partial charge in [0.05, 0.1) is 6.20 Å². The number of hydrogen-bond donors (Lipinski definition) is 1. The van der Waals surface area contributed by atoms with Crippen molar-refractivity contribution in [3.05, 3.63) is 89.0 Å². The van der Waals surface area contributed by atoms with E-state index >= 15 is 0 Å². The third-order valence-electron chi connectivity index (χ3n) is 4.05. The topological polar surface area (TPSA) is 73.2 Å². The maximum absolute atomic E-state index is 12.7. The molecule has 6 nitrogen and oxygen atoms in total. The van der Waals surface area contributed by atoms with E-state index in [9.17, 15) is 9.59 Å². The monoisotopic (exact) mass is 383 g/mol. The van der Waals surface area contributed by atoms with Crippen LogP contribution in [0.1, 0.15) is 27.8 Å². The van der Waals surface area contributed by atoms with Gasteiger partial charge in [-0.3, -0.25) is 4.79 Å². The minimum Gasteiger partial charge on any atom is -0.456 e. The van der Waals surface area contributed by atoms with Crippen molar-refractivity contribution >= 4 is 23.5 Å². The molecule has 0 aliphatic carbocycles. The van der Waals surface area contributed by atoms with Crippen LogP contribution in [0.4, 0.5) is 0 Å². The Morgan fingerprint density at radius 2 is 1.74 bits per heavy atom. The average Bonchev–Trinajstić information content (AvgIpc) is 3.03. The molecule has 3 rings (SSSR count). The molecule has 0 bridgehead atoms. The number of ether oxygens (including phenoxy) is 1. The van der Waals surface area contributed by atoms with E-state index in [1.54, 1.807) is 60.1 Å². The van der Waals surface area contributed by atoms with Crippen molar-refractivity contribution in [3.8, 4) is 0 Å². The predicted octanol–water partition coefficient (Wildman–Crippen LogP) is 3.29. The molecule has 0 spiro atoms. The summed E-state index contributed by atoms with van der Waals surface area (Å²) in [6.07, 6.45) is 1.48.